The van der Waals surface area contributed by atoms with Crippen molar-refractivity contribution in [3.05, 3.63) is 34.8 Å². The first-order valence-electron chi connectivity index (χ1n) is 4.25. The topological polar surface area (TPSA) is 29.4 Å². The van der Waals surface area contributed by atoms with Gasteiger partial charge in [0.05, 0.1) is 5.36 Å². The monoisotopic (exact) mass is 261 g/mol. The normalized spacial score (nSPS) is 15.1. The molecule has 0 bridgehead atoms. The molecule has 0 saturated heterocycles. The molecule has 1 aromatic rings. The summed E-state index contributed by atoms with van der Waals surface area (Å²) in [5.41, 5.74) is 0.464. The van der Waals surface area contributed by atoms with E-state index in [4.69, 9.17) is 34.8 Å². The predicted molar refractivity (Wildman–Crippen MR) is 60.5 cm³/mol. The molecule has 1 heterocycles. The first kappa shape index (κ1) is 10.9. The van der Waals surface area contributed by atoms with Gasteiger partial charge in [-0.15, -0.1) is 0 Å². The van der Waals surface area contributed by atoms with Gasteiger partial charge in [-0.05, 0) is 6.07 Å². The molecule has 15 heavy (non-hydrogen) atoms. The van der Waals surface area contributed by atoms with Gasteiger partial charge in [0, 0.05) is 17.2 Å². The van der Waals surface area contributed by atoms with Crippen molar-refractivity contribution in [3.8, 4) is 0 Å². The number of amides is 1. The lowest BCUT2D eigenvalue weighted by Gasteiger charge is -2.09. The number of para-hydroxylation sites is 1. The number of carbonyl (C=O) groups excluding carboxylic acids is 1. The summed E-state index contributed by atoms with van der Waals surface area (Å²) >= 11 is 17.0. The largest absolute Gasteiger partial charge is 0.274 e. The minimum atomic E-state index is -1.46. The van der Waals surface area contributed by atoms with Crippen molar-refractivity contribution in [2.75, 3.05) is 0 Å². The lowest BCUT2D eigenvalue weighted by Crippen LogP contribution is -2.23. The molecule has 1 aliphatic heterocycles. The summed E-state index contributed by atoms with van der Waals surface area (Å²) < 4.78 is -1.46. The molecule has 1 aliphatic rings. The minimum Gasteiger partial charge on any atom is -0.267 e. The van der Waals surface area contributed by atoms with Crippen LogP contribution in [0.15, 0.2) is 29.3 Å². The Hall–Kier alpha value is -0.570. The molecule has 0 radical (unpaired) electrons. The van der Waals surface area contributed by atoms with Crippen LogP contribution < -0.4 is 10.6 Å². The maximum atomic E-state index is 11.5. The maximum Gasteiger partial charge on any atom is 0.274 e. The van der Waals surface area contributed by atoms with E-state index in [-0.39, 0.29) is 12.3 Å². The SMILES string of the molecule is O=C1N=c2ccccc2=C1CC(Cl)(Cl)Cl. The van der Waals surface area contributed by atoms with E-state index in [0.717, 1.165) is 5.22 Å². The highest BCUT2D eigenvalue weighted by Gasteiger charge is 2.27. The predicted octanol–water partition coefficient (Wildman–Crippen LogP) is 1.76. The summed E-state index contributed by atoms with van der Waals surface area (Å²) in [6.45, 7) is 0. The minimum absolute atomic E-state index is 0.0804. The number of carbonyl (C=O) groups is 1. The van der Waals surface area contributed by atoms with Gasteiger partial charge >= 0.3 is 0 Å². The van der Waals surface area contributed by atoms with Crippen LogP contribution in [-0.2, 0) is 4.79 Å². The fourth-order valence-corrected chi connectivity index (χ4v) is 1.89. The average molecular weight is 263 g/mol. The zero-order valence-electron chi connectivity index (χ0n) is 7.51. The molecule has 0 aliphatic carbocycles. The molecular weight excluding hydrogens is 256 g/mol. The van der Waals surface area contributed by atoms with Crippen LogP contribution in [0.4, 0.5) is 0 Å². The Morgan fingerprint density at radius 2 is 1.87 bits per heavy atom. The molecule has 0 saturated carbocycles. The van der Waals surface area contributed by atoms with Crippen LogP contribution >= 0.6 is 34.8 Å². The van der Waals surface area contributed by atoms with E-state index in [1.165, 1.54) is 0 Å². The highest BCUT2D eigenvalue weighted by Crippen LogP contribution is 2.33. The van der Waals surface area contributed by atoms with Crippen LogP contribution in [0.25, 0.3) is 5.57 Å². The van der Waals surface area contributed by atoms with Crippen molar-refractivity contribution in [2.45, 2.75) is 10.2 Å². The Kier molecular flexibility index (Phi) is 2.75. The Bertz CT molecular complexity index is 530. The third-order valence-corrected chi connectivity index (χ3v) is 2.49. The summed E-state index contributed by atoms with van der Waals surface area (Å²) in [6.07, 6.45) is 0.0804. The molecule has 2 rings (SSSR count). The molecule has 0 unspecified atom stereocenters. The second-order valence-corrected chi connectivity index (χ2v) is 5.72. The molecular formula is C10H6Cl3NO. The van der Waals surface area contributed by atoms with Crippen LogP contribution in [0, 0.1) is 0 Å². The van der Waals surface area contributed by atoms with E-state index in [1.807, 2.05) is 12.1 Å². The van der Waals surface area contributed by atoms with Crippen molar-refractivity contribution >= 4 is 46.3 Å². The number of nitrogens with zero attached hydrogens (tertiary/aromatic N) is 1. The zero-order chi connectivity index (χ0) is 11.1. The molecule has 5 heteroatoms. The smallest absolute Gasteiger partial charge is 0.267 e. The van der Waals surface area contributed by atoms with E-state index < -0.39 is 3.79 Å². The summed E-state index contributed by atoms with van der Waals surface area (Å²) in [5.74, 6) is -0.317. The Morgan fingerprint density at radius 1 is 1.20 bits per heavy atom. The number of fused-ring (bicyclic) bond motifs is 1. The van der Waals surface area contributed by atoms with E-state index in [1.54, 1.807) is 12.1 Å². The highest BCUT2D eigenvalue weighted by atomic mass is 35.6. The quantitative estimate of drug-likeness (QED) is 0.709. The first-order chi connectivity index (χ1) is 6.97. The van der Waals surface area contributed by atoms with E-state index in [2.05, 4.69) is 4.99 Å². The Balaban J connectivity index is 2.58. The van der Waals surface area contributed by atoms with Crippen LogP contribution in [0.2, 0.25) is 0 Å². The van der Waals surface area contributed by atoms with Gasteiger partial charge in [-0.2, -0.15) is 0 Å². The van der Waals surface area contributed by atoms with Crippen LogP contribution in [0.3, 0.4) is 0 Å². The molecule has 0 atom stereocenters. The molecule has 1 amide bonds. The Morgan fingerprint density at radius 3 is 2.53 bits per heavy atom. The lowest BCUT2D eigenvalue weighted by atomic mass is 10.1. The number of hydrogen-bond acceptors (Lipinski definition) is 1. The molecule has 0 fully saturated rings. The maximum absolute atomic E-state index is 11.5. The van der Waals surface area contributed by atoms with Gasteiger partial charge in [0.15, 0.2) is 3.79 Å². The molecule has 0 N–H and O–H groups in total. The van der Waals surface area contributed by atoms with Gasteiger partial charge in [0.2, 0.25) is 0 Å². The van der Waals surface area contributed by atoms with Gasteiger partial charge in [0.1, 0.15) is 0 Å². The van der Waals surface area contributed by atoms with Crippen LogP contribution in [0.1, 0.15) is 6.42 Å². The second kappa shape index (κ2) is 3.78. The number of benzene rings is 1. The van der Waals surface area contributed by atoms with Gasteiger partial charge in [0.25, 0.3) is 5.91 Å². The van der Waals surface area contributed by atoms with E-state index >= 15 is 0 Å². The summed E-state index contributed by atoms with van der Waals surface area (Å²) in [6, 6.07) is 7.20. The average Bonchev–Trinajstić information content (AvgIpc) is 2.41. The fourth-order valence-electron chi connectivity index (χ4n) is 1.49. The molecule has 1 aromatic carbocycles. The highest BCUT2D eigenvalue weighted by molar-refractivity contribution is 6.68. The van der Waals surface area contributed by atoms with Gasteiger partial charge in [-0.3, -0.25) is 4.79 Å². The summed E-state index contributed by atoms with van der Waals surface area (Å²) in [7, 11) is 0. The van der Waals surface area contributed by atoms with Crippen molar-refractivity contribution in [1.82, 2.24) is 0 Å². The van der Waals surface area contributed by atoms with Crippen molar-refractivity contribution < 1.29 is 4.79 Å². The van der Waals surface area contributed by atoms with Crippen LogP contribution in [-0.4, -0.2) is 9.70 Å². The van der Waals surface area contributed by atoms with E-state index in [9.17, 15) is 4.79 Å². The lowest BCUT2D eigenvalue weighted by molar-refractivity contribution is -0.112. The van der Waals surface area contributed by atoms with Crippen molar-refractivity contribution in [2.24, 2.45) is 4.99 Å². The van der Waals surface area contributed by atoms with Crippen molar-refractivity contribution in [1.29, 1.82) is 0 Å². The van der Waals surface area contributed by atoms with E-state index in [0.29, 0.717) is 10.9 Å². The number of hydrogen-bond donors (Lipinski definition) is 0. The summed E-state index contributed by atoms with van der Waals surface area (Å²) in [5, 5.41) is 1.40. The molecule has 0 aromatic heterocycles. The van der Waals surface area contributed by atoms with Gasteiger partial charge < -0.3 is 0 Å². The third-order valence-electron chi connectivity index (χ3n) is 2.09. The number of rotatable bonds is 1. The zero-order valence-corrected chi connectivity index (χ0v) is 9.77. The molecule has 2 nitrogen and oxygen atoms in total. The number of halogens is 3. The van der Waals surface area contributed by atoms with Crippen LogP contribution in [0.5, 0.6) is 0 Å². The van der Waals surface area contributed by atoms with Crippen molar-refractivity contribution in [3.63, 3.8) is 0 Å². The standard InChI is InChI=1S/C10H6Cl3NO/c11-10(12,13)5-7-6-3-1-2-4-8(6)14-9(7)15/h1-4H,5H2. The molecule has 0 spiro atoms. The Labute approximate surface area is 101 Å². The molecule has 78 valence electrons. The van der Waals surface area contributed by atoms with Gasteiger partial charge in [-0.25, -0.2) is 4.99 Å². The first-order valence-corrected chi connectivity index (χ1v) is 5.39. The third kappa shape index (κ3) is 2.33. The number of alkyl halides is 3. The van der Waals surface area contributed by atoms with Gasteiger partial charge in [-0.1, -0.05) is 53.0 Å². The second-order valence-electron chi connectivity index (χ2n) is 3.20. The fraction of sp³-hybridized carbons (Fsp3) is 0.200. The summed E-state index contributed by atoms with van der Waals surface area (Å²) in [4.78, 5) is 15.4.